The summed E-state index contributed by atoms with van der Waals surface area (Å²) in [5.41, 5.74) is 1.47. The minimum absolute atomic E-state index is 0.147. The van der Waals surface area contributed by atoms with Crippen LogP contribution in [0.4, 0.5) is 8.78 Å². The molecule has 20 heavy (non-hydrogen) atoms. The van der Waals surface area contributed by atoms with Crippen molar-refractivity contribution in [1.82, 2.24) is 15.5 Å². The fraction of sp³-hybridized carbons (Fsp3) is 0.286. The van der Waals surface area contributed by atoms with Crippen LogP contribution in [0, 0.1) is 11.6 Å². The Hall–Kier alpha value is -2.24. The summed E-state index contributed by atoms with van der Waals surface area (Å²) in [6, 6.07) is 3.51. The summed E-state index contributed by atoms with van der Waals surface area (Å²) in [5.74, 6) is -1.93. The fourth-order valence-electron chi connectivity index (χ4n) is 1.85. The van der Waals surface area contributed by atoms with E-state index in [0.29, 0.717) is 12.0 Å². The first-order valence-electron chi connectivity index (χ1n) is 6.28. The second-order valence-corrected chi connectivity index (χ2v) is 4.57. The Labute approximate surface area is 115 Å². The third-order valence-electron chi connectivity index (χ3n) is 3.02. The molecule has 0 spiro atoms. The van der Waals surface area contributed by atoms with Crippen LogP contribution >= 0.6 is 0 Å². The Morgan fingerprint density at radius 3 is 2.85 bits per heavy atom. The molecule has 0 aliphatic carbocycles. The van der Waals surface area contributed by atoms with Crippen molar-refractivity contribution in [3.8, 4) is 0 Å². The van der Waals surface area contributed by atoms with Gasteiger partial charge in [0.05, 0.1) is 12.2 Å². The van der Waals surface area contributed by atoms with E-state index in [-0.39, 0.29) is 18.4 Å². The monoisotopic (exact) mass is 279 g/mol. The third kappa shape index (κ3) is 3.63. The van der Waals surface area contributed by atoms with Crippen LogP contribution in [0.15, 0.2) is 30.6 Å². The summed E-state index contributed by atoms with van der Waals surface area (Å²) < 4.78 is 25.8. The maximum Gasteiger partial charge on any atom is 0.220 e. The number of aromatic nitrogens is 2. The predicted octanol–water partition coefficient (Wildman–Crippen LogP) is 2.50. The van der Waals surface area contributed by atoms with Crippen molar-refractivity contribution in [3.05, 3.63) is 53.4 Å². The van der Waals surface area contributed by atoms with Crippen molar-refractivity contribution in [1.29, 1.82) is 0 Å². The van der Waals surface area contributed by atoms with Gasteiger partial charge in [0.15, 0.2) is 11.6 Å². The van der Waals surface area contributed by atoms with E-state index in [0.717, 1.165) is 17.7 Å². The number of rotatable bonds is 5. The zero-order valence-corrected chi connectivity index (χ0v) is 11.0. The number of nitrogens with one attached hydrogen (secondary N) is 2. The van der Waals surface area contributed by atoms with E-state index in [1.165, 1.54) is 6.07 Å². The van der Waals surface area contributed by atoms with Crippen LogP contribution in [0.1, 0.15) is 30.5 Å². The summed E-state index contributed by atoms with van der Waals surface area (Å²) >= 11 is 0. The van der Waals surface area contributed by atoms with E-state index in [9.17, 15) is 13.6 Å². The second-order valence-electron chi connectivity index (χ2n) is 4.57. The van der Waals surface area contributed by atoms with Gasteiger partial charge >= 0.3 is 0 Å². The van der Waals surface area contributed by atoms with Crippen molar-refractivity contribution in [2.24, 2.45) is 0 Å². The molecule has 1 aromatic heterocycles. The summed E-state index contributed by atoms with van der Waals surface area (Å²) in [6.45, 7) is 1.85. The molecule has 4 nitrogen and oxygen atoms in total. The smallest absolute Gasteiger partial charge is 0.220 e. The third-order valence-corrected chi connectivity index (χ3v) is 3.02. The molecule has 0 fully saturated rings. The number of carbonyl (C=O) groups excluding carboxylic acids is 1. The van der Waals surface area contributed by atoms with Crippen LogP contribution in [0.25, 0.3) is 0 Å². The average molecular weight is 279 g/mol. The molecule has 0 radical (unpaired) electrons. The molecule has 1 amide bonds. The van der Waals surface area contributed by atoms with E-state index < -0.39 is 11.6 Å². The van der Waals surface area contributed by atoms with Gasteiger partial charge in [-0.2, -0.15) is 5.10 Å². The lowest BCUT2D eigenvalue weighted by Gasteiger charge is -2.12. The number of nitrogens with zero attached hydrogens (tertiary/aromatic N) is 1. The van der Waals surface area contributed by atoms with Crippen LogP contribution in [0.5, 0.6) is 0 Å². The van der Waals surface area contributed by atoms with Crippen molar-refractivity contribution in [2.75, 3.05) is 0 Å². The molecule has 1 aromatic carbocycles. The highest BCUT2D eigenvalue weighted by atomic mass is 19.2. The maximum atomic E-state index is 13.0. The van der Waals surface area contributed by atoms with Crippen molar-refractivity contribution < 1.29 is 13.6 Å². The second kappa shape index (κ2) is 6.27. The lowest BCUT2D eigenvalue weighted by Crippen LogP contribution is -2.26. The number of benzene rings is 1. The van der Waals surface area contributed by atoms with Gasteiger partial charge in [0, 0.05) is 18.2 Å². The minimum atomic E-state index is -0.894. The van der Waals surface area contributed by atoms with Gasteiger partial charge in [-0.3, -0.25) is 9.89 Å². The summed E-state index contributed by atoms with van der Waals surface area (Å²) in [7, 11) is 0. The van der Waals surface area contributed by atoms with Crippen LogP contribution < -0.4 is 5.32 Å². The molecule has 0 saturated heterocycles. The van der Waals surface area contributed by atoms with Gasteiger partial charge in [-0.05, 0) is 31.0 Å². The molecule has 0 aliphatic rings. The largest absolute Gasteiger partial charge is 0.349 e. The van der Waals surface area contributed by atoms with Crippen molar-refractivity contribution in [3.63, 3.8) is 0 Å². The Morgan fingerprint density at radius 1 is 1.40 bits per heavy atom. The molecule has 1 heterocycles. The first kappa shape index (κ1) is 14.2. The molecule has 2 rings (SSSR count). The van der Waals surface area contributed by atoms with Gasteiger partial charge in [0.2, 0.25) is 5.91 Å². The van der Waals surface area contributed by atoms with E-state index in [1.54, 1.807) is 12.4 Å². The van der Waals surface area contributed by atoms with Gasteiger partial charge in [0.1, 0.15) is 0 Å². The molecule has 2 aromatic rings. The fourth-order valence-corrected chi connectivity index (χ4v) is 1.85. The Balaban J connectivity index is 1.84. The maximum absolute atomic E-state index is 13.0. The van der Waals surface area contributed by atoms with Crippen LogP contribution in [-0.2, 0) is 11.2 Å². The van der Waals surface area contributed by atoms with Gasteiger partial charge < -0.3 is 5.32 Å². The number of hydrogen-bond acceptors (Lipinski definition) is 2. The highest BCUT2D eigenvalue weighted by Gasteiger charge is 2.11. The molecule has 0 aliphatic heterocycles. The Kier molecular flexibility index (Phi) is 4.45. The summed E-state index contributed by atoms with van der Waals surface area (Å²) in [6.07, 6.45) is 3.93. The number of H-pyrrole nitrogens is 1. The van der Waals surface area contributed by atoms with E-state index in [1.807, 2.05) is 6.92 Å². The lowest BCUT2D eigenvalue weighted by atomic mass is 10.1. The number of aromatic amines is 1. The molecule has 1 atom stereocenters. The molecule has 6 heteroatoms. The first-order chi connectivity index (χ1) is 9.56. The standard InChI is InChI=1S/C14H15F2N3O/c1-9(11-7-17-18-8-11)19-14(20)5-3-10-2-4-12(15)13(16)6-10/h2,4,6-9H,3,5H2,1H3,(H,17,18)(H,19,20). The zero-order chi connectivity index (χ0) is 14.5. The minimum Gasteiger partial charge on any atom is -0.349 e. The van der Waals surface area contributed by atoms with E-state index in [4.69, 9.17) is 0 Å². The predicted molar refractivity (Wildman–Crippen MR) is 69.8 cm³/mol. The average Bonchev–Trinajstić information content (AvgIpc) is 2.94. The van der Waals surface area contributed by atoms with Crippen molar-refractivity contribution >= 4 is 5.91 Å². The van der Waals surface area contributed by atoms with Crippen LogP contribution in [0.3, 0.4) is 0 Å². The molecule has 0 saturated carbocycles. The molecule has 106 valence electrons. The number of hydrogen-bond donors (Lipinski definition) is 2. The first-order valence-corrected chi connectivity index (χ1v) is 6.28. The van der Waals surface area contributed by atoms with Gasteiger partial charge in [0.25, 0.3) is 0 Å². The molecular weight excluding hydrogens is 264 g/mol. The molecule has 1 unspecified atom stereocenters. The molecule has 0 bridgehead atoms. The number of aryl methyl sites for hydroxylation is 1. The summed E-state index contributed by atoms with van der Waals surface area (Å²) in [5, 5.41) is 9.30. The highest BCUT2D eigenvalue weighted by molar-refractivity contribution is 5.76. The zero-order valence-electron chi connectivity index (χ0n) is 11.0. The summed E-state index contributed by atoms with van der Waals surface area (Å²) in [4.78, 5) is 11.8. The Morgan fingerprint density at radius 2 is 2.20 bits per heavy atom. The van der Waals surface area contributed by atoms with E-state index in [2.05, 4.69) is 15.5 Å². The van der Waals surface area contributed by atoms with Gasteiger partial charge in [-0.15, -0.1) is 0 Å². The van der Waals surface area contributed by atoms with E-state index >= 15 is 0 Å². The van der Waals surface area contributed by atoms with Crippen LogP contribution in [-0.4, -0.2) is 16.1 Å². The molecular formula is C14H15F2N3O. The molecule has 2 N–H and O–H groups in total. The number of amides is 1. The van der Waals surface area contributed by atoms with Gasteiger partial charge in [-0.25, -0.2) is 8.78 Å². The quantitative estimate of drug-likeness (QED) is 0.883. The highest BCUT2D eigenvalue weighted by Crippen LogP contribution is 2.12. The lowest BCUT2D eigenvalue weighted by molar-refractivity contribution is -0.121. The normalized spacial score (nSPS) is 12.2. The topological polar surface area (TPSA) is 57.8 Å². The van der Waals surface area contributed by atoms with Crippen molar-refractivity contribution in [2.45, 2.75) is 25.8 Å². The van der Waals surface area contributed by atoms with Gasteiger partial charge in [-0.1, -0.05) is 6.07 Å². The SMILES string of the molecule is CC(NC(=O)CCc1ccc(F)c(F)c1)c1cn[nH]c1. The van der Waals surface area contributed by atoms with Crippen LogP contribution in [0.2, 0.25) is 0 Å². The Bertz CT molecular complexity index is 584. The number of carbonyl (C=O) groups is 1. The number of halogens is 2.